The molecule has 1 N–H and O–H groups in total. The Bertz CT molecular complexity index is 926. The number of hydrogen-bond acceptors (Lipinski definition) is 4. The molecule has 2 aliphatic heterocycles. The maximum Gasteiger partial charge on any atom is 0.325 e. The first kappa shape index (κ1) is 18.4. The van der Waals surface area contributed by atoms with Crippen molar-refractivity contribution in [2.24, 2.45) is 0 Å². The van der Waals surface area contributed by atoms with E-state index in [1.165, 1.54) is 4.90 Å². The lowest BCUT2D eigenvalue weighted by atomic mass is 9.87. The number of halogens is 1. The lowest BCUT2D eigenvalue weighted by molar-refractivity contribution is -0.133. The predicted octanol–water partition coefficient (Wildman–Crippen LogP) is 2.46. The fourth-order valence-electron chi connectivity index (χ4n) is 3.70. The van der Waals surface area contributed by atoms with Crippen LogP contribution in [0.4, 0.5) is 4.79 Å². The van der Waals surface area contributed by atoms with Gasteiger partial charge in [0.1, 0.15) is 11.2 Å². The molecule has 8 heteroatoms. The maximum absolute atomic E-state index is 13.0. The number of nitrogens with zero attached hydrogens (tertiary/aromatic N) is 3. The average Bonchev–Trinajstić information content (AvgIpc) is 2.94. The second-order valence-electron chi connectivity index (χ2n) is 7.00. The number of aromatic nitrogens is 1. The highest BCUT2D eigenvalue weighted by molar-refractivity contribution is 6.31. The summed E-state index contributed by atoms with van der Waals surface area (Å²) in [6.07, 6.45) is 2.32. The van der Waals surface area contributed by atoms with Crippen molar-refractivity contribution in [3.63, 3.8) is 0 Å². The molecular weight excluding hydrogens is 380 g/mol. The van der Waals surface area contributed by atoms with Gasteiger partial charge in [-0.15, -0.1) is 0 Å². The summed E-state index contributed by atoms with van der Waals surface area (Å²) in [6.45, 7) is 0.880. The summed E-state index contributed by atoms with van der Waals surface area (Å²) in [5.74, 6) is -0.428. The number of nitrogens with one attached hydrogen (secondary N) is 1. The normalized spacial score (nSPS) is 18.5. The fourth-order valence-corrected chi connectivity index (χ4v) is 3.89. The third-order valence-electron chi connectivity index (χ3n) is 5.32. The Hall–Kier alpha value is -2.93. The first-order valence-corrected chi connectivity index (χ1v) is 9.46. The molecule has 28 heavy (non-hydrogen) atoms. The number of carbonyl (C=O) groups excluding carboxylic acids is 3. The number of piperidine rings is 1. The minimum Gasteiger partial charge on any atom is -0.337 e. The quantitative estimate of drug-likeness (QED) is 0.805. The van der Waals surface area contributed by atoms with Crippen molar-refractivity contribution < 1.29 is 14.4 Å². The molecule has 7 nitrogen and oxygen atoms in total. The summed E-state index contributed by atoms with van der Waals surface area (Å²) in [6, 6.07) is 11.9. The van der Waals surface area contributed by atoms with Crippen LogP contribution in [-0.4, -0.2) is 51.3 Å². The molecule has 1 aromatic heterocycles. The Morgan fingerprint density at radius 3 is 2.50 bits per heavy atom. The van der Waals surface area contributed by atoms with E-state index in [9.17, 15) is 14.4 Å². The van der Waals surface area contributed by atoms with Crippen molar-refractivity contribution in [3.05, 3.63) is 64.9 Å². The van der Waals surface area contributed by atoms with E-state index in [1.807, 2.05) is 6.07 Å². The van der Waals surface area contributed by atoms with Crippen LogP contribution in [0.3, 0.4) is 0 Å². The Morgan fingerprint density at radius 1 is 1.11 bits per heavy atom. The van der Waals surface area contributed by atoms with Gasteiger partial charge < -0.3 is 10.2 Å². The van der Waals surface area contributed by atoms with E-state index in [0.29, 0.717) is 42.2 Å². The SMILES string of the molecule is O=C(c1ccccn1)N1CCC2(CC1)NC(=O)N(Cc1ccccc1Cl)C2=O. The van der Waals surface area contributed by atoms with Crippen molar-refractivity contribution in [2.45, 2.75) is 24.9 Å². The number of likely N-dealkylation sites (tertiary alicyclic amines) is 1. The minimum atomic E-state index is -0.959. The van der Waals surface area contributed by atoms with Gasteiger partial charge in [-0.1, -0.05) is 35.9 Å². The molecule has 0 saturated carbocycles. The van der Waals surface area contributed by atoms with Crippen LogP contribution in [0.15, 0.2) is 48.7 Å². The van der Waals surface area contributed by atoms with Crippen molar-refractivity contribution in [2.75, 3.05) is 13.1 Å². The zero-order valence-electron chi connectivity index (χ0n) is 15.1. The molecular formula is C20H19ClN4O3. The van der Waals surface area contributed by atoms with Crippen LogP contribution in [-0.2, 0) is 11.3 Å². The van der Waals surface area contributed by atoms with Crippen molar-refractivity contribution in [1.29, 1.82) is 0 Å². The zero-order valence-corrected chi connectivity index (χ0v) is 15.9. The highest BCUT2D eigenvalue weighted by atomic mass is 35.5. The van der Waals surface area contributed by atoms with E-state index in [1.54, 1.807) is 47.5 Å². The van der Waals surface area contributed by atoms with Gasteiger partial charge in [0.2, 0.25) is 0 Å². The molecule has 0 bridgehead atoms. The van der Waals surface area contributed by atoms with Gasteiger partial charge in [-0.2, -0.15) is 0 Å². The molecule has 2 saturated heterocycles. The van der Waals surface area contributed by atoms with E-state index < -0.39 is 11.6 Å². The summed E-state index contributed by atoms with van der Waals surface area (Å²) in [4.78, 5) is 45.0. The number of rotatable bonds is 3. The molecule has 0 radical (unpaired) electrons. The zero-order chi connectivity index (χ0) is 19.7. The van der Waals surface area contributed by atoms with Crippen LogP contribution in [0, 0.1) is 0 Å². The molecule has 3 heterocycles. The minimum absolute atomic E-state index is 0.128. The van der Waals surface area contributed by atoms with Gasteiger partial charge in [-0.05, 0) is 36.6 Å². The highest BCUT2D eigenvalue weighted by Gasteiger charge is 2.52. The van der Waals surface area contributed by atoms with E-state index in [4.69, 9.17) is 11.6 Å². The lowest BCUT2D eigenvalue weighted by Crippen LogP contribution is -2.55. The van der Waals surface area contributed by atoms with Crippen molar-refractivity contribution in [3.8, 4) is 0 Å². The molecule has 2 aliphatic rings. The smallest absolute Gasteiger partial charge is 0.325 e. The summed E-state index contributed by atoms with van der Waals surface area (Å²) in [5.41, 5.74) is 0.132. The van der Waals surface area contributed by atoms with Crippen LogP contribution in [0.5, 0.6) is 0 Å². The molecule has 4 rings (SSSR count). The Balaban J connectivity index is 1.45. The maximum atomic E-state index is 13.0. The molecule has 0 atom stereocenters. The first-order chi connectivity index (χ1) is 13.5. The van der Waals surface area contributed by atoms with Crippen LogP contribution in [0.2, 0.25) is 5.02 Å². The fraction of sp³-hybridized carbons (Fsp3) is 0.300. The standard InChI is InChI=1S/C20H19ClN4O3/c21-15-6-2-1-5-14(15)13-25-18(27)20(23-19(25)28)8-11-24(12-9-20)17(26)16-7-3-4-10-22-16/h1-7,10H,8-9,11-13H2,(H,23,28). The monoisotopic (exact) mass is 398 g/mol. The Labute approximate surface area is 167 Å². The van der Waals surface area contributed by atoms with Gasteiger partial charge in [-0.3, -0.25) is 19.5 Å². The number of imide groups is 1. The number of benzene rings is 1. The molecule has 2 fully saturated rings. The Morgan fingerprint density at radius 2 is 1.82 bits per heavy atom. The third-order valence-corrected chi connectivity index (χ3v) is 5.69. The largest absolute Gasteiger partial charge is 0.337 e. The predicted molar refractivity (Wildman–Crippen MR) is 103 cm³/mol. The molecule has 4 amide bonds. The summed E-state index contributed by atoms with van der Waals surface area (Å²) in [5, 5.41) is 3.36. The second-order valence-corrected chi connectivity index (χ2v) is 7.41. The van der Waals surface area contributed by atoms with E-state index in [2.05, 4.69) is 10.3 Å². The number of amides is 4. The Kier molecular flexibility index (Phi) is 4.77. The number of hydrogen-bond donors (Lipinski definition) is 1. The molecule has 1 spiro atoms. The summed E-state index contributed by atoms with van der Waals surface area (Å²) in [7, 11) is 0. The summed E-state index contributed by atoms with van der Waals surface area (Å²) < 4.78 is 0. The molecule has 2 aromatic rings. The van der Waals surface area contributed by atoms with Gasteiger partial charge in [0.15, 0.2) is 0 Å². The van der Waals surface area contributed by atoms with Gasteiger partial charge in [-0.25, -0.2) is 4.79 Å². The van der Waals surface area contributed by atoms with Crippen LogP contribution in [0.1, 0.15) is 28.9 Å². The van der Waals surface area contributed by atoms with Gasteiger partial charge in [0, 0.05) is 24.3 Å². The van der Waals surface area contributed by atoms with Crippen molar-refractivity contribution >= 4 is 29.4 Å². The van der Waals surface area contributed by atoms with Crippen molar-refractivity contribution in [1.82, 2.24) is 20.1 Å². The van der Waals surface area contributed by atoms with Gasteiger partial charge >= 0.3 is 6.03 Å². The second kappa shape index (κ2) is 7.24. The van der Waals surface area contributed by atoms with E-state index in [0.717, 1.165) is 0 Å². The van der Waals surface area contributed by atoms with Gasteiger partial charge in [0.25, 0.3) is 11.8 Å². The number of carbonyl (C=O) groups is 3. The topological polar surface area (TPSA) is 82.6 Å². The average molecular weight is 399 g/mol. The number of urea groups is 1. The summed E-state index contributed by atoms with van der Waals surface area (Å²) >= 11 is 6.17. The highest BCUT2D eigenvalue weighted by Crippen LogP contribution is 2.31. The number of pyridine rings is 1. The first-order valence-electron chi connectivity index (χ1n) is 9.08. The molecule has 1 aromatic carbocycles. The van der Waals surface area contributed by atoms with Gasteiger partial charge in [0.05, 0.1) is 6.54 Å². The lowest BCUT2D eigenvalue weighted by Gasteiger charge is -2.37. The molecule has 144 valence electrons. The van der Waals surface area contributed by atoms with Crippen LogP contribution >= 0.6 is 11.6 Å². The van der Waals surface area contributed by atoms with Crippen LogP contribution < -0.4 is 5.32 Å². The molecule has 0 unspecified atom stereocenters. The molecule has 0 aliphatic carbocycles. The van der Waals surface area contributed by atoms with E-state index >= 15 is 0 Å². The van der Waals surface area contributed by atoms with Crippen LogP contribution in [0.25, 0.3) is 0 Å². The van der Waals surface area contributed by atoms with E-state index in [-0.39, 0.29) is 18.4 Å². The third kappa shape index (κ3) is 3.22.